The number of ether oxygens (including phenoxy) is 2. The number of carbonyl (C=O) groups is 2. The van der Waals surface area contributed by atoms with E-state index in [2.05, 4.69) is 5.32 Å². The lowest BCUT2D eigenvalue weighted by Gasteiger charge is -2.36. The van der Waals surface area contributed by atoms with Gasteiger partial charge in [-0.05, 0) is 61.6 Å². The van der Waals surface area contributed by atoms with E-state index in [0.717, 1.165) is 22.6 Å². The largest absolute Gasteiger partial charge is 0.497 e. The minimum atomic E-state index is -0.506. The fraction of sp³-hybridized carbons (Fsp3) is 0.308. The van der Waals surface area contributed by atoms with Gasteiger partial charge in [0.1, 0.15) is 5.75 Å². The molecule has 0 radical (unpaired) electrons. The molecule has 0 fully saturated rings. The Kier molecular flexibility index (Phi) is 6.38. The summed E-state index contributed by atoms with van der Waals surface area (Å²) in [5.41, 5.74) is 4.55. The Morgan fingerprint density at radius 2 is 1.88 bits per heavy atom. The number of ketones is 1. The predicted octanol–water partition coefficient (Wildman–Crippen LogP) is 5.27. The second-order valence-electron chi connectivity index (χ2n) is 8.07. The van der Waals surface area contributed by atoms with Crippen LogP contribution < -0.4 is 10.1 Å². The summed E-state index contributed by atoms with van der Waals surface area (Å²) in [5, 5.41) is 3.91. The van der Waals surface area contributed by atoms with Crippen molar-refractivity contribution in [3.63, 3.8) is 0 Å². The Bertz CT molecular complexity index is 1120. The smallest absolute Gasteiger partial charge is 0.336 e. The van der Waals surface area contributed by atoms with E-state index in [0.29, 0.717) is 34.7 Å². The van der Waals surface area contributed by atoms with E-state index in [1.165, 1.54) is 0 Å². The van der Waals surface area contributed by atoms with Gasteiger partial charge in [0.15, 0.2) is 5.78 Å². The summed E-state index contributed by atoms with van der Waals surface area (Å²) in [5.74, 6) is -0.0617. The molecule has 1 aliphatic heterocycles. The molecule has 0 spiro atoms. The second-order valence-corrected chi connectivity index (χ2v) is 8.50. The van der Waals surface area contributed by atoms with Gasteiger partial charge >= 0.3 is 5.97 Å². The third-order valence-corrected chi connectivity index (χ3v) is 6.33. The predicted molar refractivity (Wildman–Crippen MR) is 124 cm³/mol. The molecule has 1 aliphatic carbocycles. The van der Waals surface area contributed by atoms with Crippen LogP contribution in [-0.2, 0) is 14.3 Å². The first kappa shape index (κ1) is 22.2. The first-order chi connectivity index (χ1) is 15.4. The van der Waals surface area contributed by atoms with Crippen molar-refractivity contribution in [1.82, 2.24) is 5.32 Å². The van der Waals surface area contributed by atoms with E-state index in [9.17, 15) is 9.59 Å². The summed E-state index contributed by atoms with van der Waals surface area (Å²) in [6, 6.07) is 15.2. The number of esters is 1. The molecule has 0 saturated carbocycles. The van der Waals surface area contributed by atoms with Crippen LogP contribution in [0.3, 0.4) is 0 Å². The van der Waals surface area contributed by atoms with Gasteiger partial charge in [-0.25, -0.2) is 4.79 Å². The fourth-order valence-corrected chi connectivity index (χ4v) is 4.85. The van der Waals surface area contributed by atoms with E-state index in [1.807, 2.05) is 49.4 Å². The Morgan fingerprint density at radius 3 is 2.53 bits per heavy atom. The molecule has 2 atom stereocenters. The van der Waals surface area contributed by atoms with Crippen LogP contribution in [0.2, 0.25) is 5.02 Å². The Balaban J connectivity index is 1.77. The monoisotopic (exact) mass is 451 g/mol. The van der Waals surface area contributed by atoms with E-state index in [4.69, 9.17) is 21.1 Å². The fourth-order valence-electron chi connectivity index (χ4n) is 4.65. The molecule has 2 aliphatic rings. The maximum absolute atomic E-state index is 13.5. The summed E-state index contributed by atoms with van der Waals surface area (Å²) in [4.78, 5) is 26.4. The number of hydrogen-bond acceptors (Lipinski definition) is 5. The van der Waals surface area contributed by atoms with Crippen molar-refractivity contribution < 1.29 is 19.1 Å². The highest BCUT2D eigenvalue weighted by Gasteiger charge is 2.41. The number of hydrogen-bond donors (Lipinski definition) is 1. The van der Waals surface area contributed by atoms with Crippen LogP contribution in [0.4, 0.5) is 0 Å². The van der Waals surface area contributed by atoms with Crippen molar-refractivity contribution in [2.45, 2.75) is 38.5 Å². The third-order valence-electron chi connectivity index (χ3n) is 6.09. The van der Waals surface area contributed by atoms with Gasteiger partial charge in [0.05, 0.1) is 19.3 Å². The lowest BCUT2D eigenvalue weighted by atomic mass is 9.72. The molecule has 32 heavy (non-hydrogen) atoms. The quantitative estimate of drug-likeness (QED) is 0.627. The molecule has 0 bridgehead atoms. The number of nitrogens with one attached hydrogen (secondary N) is 1. The molecule has 1 N–H and O–H groups in total. The Morgan fingerprint density at radius 1 is 1.12 bits per heavy atom. The van der Waals surface area contributed by atoms with Crippen molar-refractivity contribution in [2.24, 2.45) is 0 Å². The number of halogens is 1. The first-order valence-corrected chi connectivity index (χ1v) is 11.1. The molecular formula is C26H26ClNO4. The summed E-state index contributed by atoms with van der Waals surface area (Å²) in [7, 11) is 1.63. The summed E-state index contributed by atoms with van der Waals surface area (Å²) >= 11 is 6.27. The zero-order valence-electron chi connectivity index (χ0n) is 18.4. The molecule has 0 aromatic heterocycles. The van der Waals surface area contributed by atoms with Gasteiger partial charge in [-0.1, -0.05) is 35.9 Å². The zero-order valence-corrected chi connectivity index (χ0v) is 19.2. The van der Waals surface area contributed by atoms with E-state index < -0.39 is 11.9 Å². The summed E-state index contributed by atoms with van der Waals surface area (Å²) in [6.45, 7) is 3.89. The average Bonchev–Trinajstić information content (AvgIpc) is 2.78. The van der Waals surface area contributed by atoms with Crippen LogP contribution in [-0.4, -0.2) is 25.5 Å². The summed E-state index contributed by atoms with van der Waals surface area (Å²) < 4.78 is 10.6. The van der Waals surface area contributed by atoms with Gasteiger partial charge in [-0.2, -0.15) is 0 Å². The van der Waals surface area contributed by atoms with Crippen LogP contribution in [0.25, 0.3) is 0 Å². The van der Waals surface area contributed by atoms with Crippen LogP contribution in [0.5, 0.6) is 5.75 Å². The van der Waals surface area contributed by atoms with Gasteiger partial charge in [0, 0.05) is 34.3 Å². The van der Waals surface area contributed by atoms with Crippen molar-refractivity contribution in [3.8, 4) is 5.75 Å². The van der Waals surface area contributed by atoms with Crippen molar-refractivity contribution in [2.75, 3.05) is 13.7 Å². The minimum Gasteiger partial charge on any atom is -0.497 e. The highest BCUT2D eigenvalue weighted by molar-refractivity contribution is 6.30. The van der Waals surface area contributed by atoms with Gasteiger partial charge in [-0.15, -0.1) is 0 Å². The first-order valence-electron chi connectivity index (χ1n) is 10.7. The van der Waals surface area contributed by atoms with E-state index in [1.54, 1.807) is 20.1 Å². The van der Waals surface area contributed by atoms with Crippen LogP contribution in [0.1, 0.15) is 49.7 Å². The molecular weight excluding hydrogens is 426 g/mol. The molecule has 0 amide bonds. The second kappa shape index (κ2) is 9.21. The SMILES string of the molecule is CCOC(=O)C1=C(C)NC2=C(C(=O)C[C@H](c3ccc(OC)cc3)C2)[C@@H]1c1cccc(Cl)c1. The zero-order chi connectivity index (χ0) is 22.8. The van der Waals surface area contributed by atoms with Crippen LogP contribution in [0, 0.1) is 0 Å². The molecule has 166 valence electrons. The lowest BCUT2D eigenvalue weighted by molar-refractivity contribution is -0.138. The van der Waals surface area contributed by atoms with Gasteiger partial charge in [-0.3, -0.25) is 4.79 Å². The number of Topliss-reactive ketones (excluding diaryl/α,β-unsaturated/α-hetero) is 1. The van der Waals surface area contributed by atoms with Crippen molar-refractivity contribution >= 4 is 23.4 Å². The molecule has 2 aromatic carbocycles. The van der Waals surface area contributed by atoms with E-state index in [-0.39, 0.29) is 18.3 Å². The lowest BCUT2D eigenvalue weighted by Crippen LogP contribution is -2.36. The molecule has 4 rings (SSSR count). The molecule has 2 aromatic rings. The average molecular weight is 452 g/mol. The number of dihydropyridines is 1. The Labute approximate surface area is 193 Å². The summed E-state index contributed by atoms with van der Waals surface area (Å²) in [6.07, 6.45) is 1.05. The molecule has 6 heteroatoms. The molecule has 0 saturated heterocycles. The van der Waals surface area contributed by atoms with Crippen LogP contribution in [0.15, 0.2) is 71.1 Å². The van der Waals surface area contributed by atoms with Crippen molar-refractivity contribution in [3.05, 3.63) is 87.2 Å². The molecule has 0 unspecified atom stereocenters. The highest BCUT2D eigenvalue weighted by Crippen LogP contribution is 2.46. The molecule has 1 heterocycles. The Hall–Kier alpha value is -3.05. The minimum absolute atomic E-state index is 0.0267. The van der Waals surface area contributed by atoms with Gasteiger partial charge in [0.25, 0.3) is 0 Å². The number of carbonyl (C=O) groups excluding carboxylic acids is 2. The van der Waals surface area contributed by atoms with Gasteiger partial charge in [0.2, 0.25) is 0 Å². The maximum Gasteiger partial charge on any atom is 0.336 e. The standard InChI is InChI=1S/C26H26ClNO4/c1-4-32-26(30)23-15(2)28-21-13-18(16-8-10-20(31-3)11-9-16)14-22(29)25(21)24(23)17-6-5-7-19(27)12-17/h5-12,18,24,28H,4,13-14H2,1-3H3/t18-,24-/m1/s1. The number of benzene rings is 2. The van der Waals surface area contributed by atoms with E-state index >= 15 is 0 Å². The third kappa shape index (κ3) is 4.17. The topological polar surface area (TPSA) is 64.6 Å². The maximum atomic E-state index is 13.5. The number of allylic oxidation sites excluding steroid dienone is 3. The number of methoxy groups -OCH3 is 1. The van der Waals surface area contributed by atoms with Gasteiger partial charge < -0.3 is 14.8 Å². The molecule has 5 nitrogen and oxygen atoms in total. The normalized spacial score (nSPS) is 20.6. The van der Waals surface area contributed by atoms with Crippen molar-refractivity contribution in [1.29, 1.82) is 0 Å². The highest BCUT2D eigenvalue weighted by atomic mass is 35.5. The van der Waals surface area contributed by atoms with Crippen LogP contribution >= 0.6 is 11.6 Å². The number of rotatable bonds is 5.